The summed E-state index contributed by atoms with van der Waals surface area (Å²) in [4.78, 5) is 36.7. The summed E-state index contributed by atoms with van der Waals surface area (Å²) in [5.74, 6) is -0.524. The van der Waals surface area contributed by atoms with Crippen LogP contribution in [0.4, 0.5) is 16.2 Å². The Morgan fingerprint density at radius 2 is 1.76 bits per heavy atom. The summed E-state index contributed by atoms with van der Waals surface area (Å²) in [5.41, 5.74) is 1.52. The van der Waals surface area contributed by atoms with Crippen LogP contribution in [-0.2, 0) is 4.79 Å². The molecule has 0 bridgehead atoms. The molecule has 0 radical (unpaired) electrons. The molecule has 0 spiro atoms. The molecule has 144 valence electrons. The lowest BCUT2D eigenvalue weighted by molar-refractivity contribution is -0.384. The smallest absolute Gasteiger partial charge is 0.317 e. The Labute approximate surface area is 169 Å². The fourth-order valence-electron chi connectivity index (χ4n) is 3.04. The number of nitrogens with zero attached hydrogens (tertiary/aromatic N) is 3. The first-order chi connectivity index (χ1) is 13.9. The van der Waals surface area contributed by atoms with Crippen LogP contribution in [0.2, 0.25) is 5.02 Å². The number of carbonyl (C=O) groups excluding carboxylic acids is 2. The largest absolute Gasteiger partial charge is 0.333 e. The van der Waals surface area contributed by atoms with Crippen LogP contribution in [0.5, 0.6) is 0 Å². The number of rotatable bonds is 4. The first-order valence-electron chi connectivity index (χ1n) is 8.49. The van der Waals surface area contributed by atoms with Gasteiger partial charge < -0.3 is 9.88 Å². The SMILES string of the molecule is O=C1NC(=Cc2cccn2-c2cccc([N+](=O)[O-])c2)C(=O)N1c1cccc(Cl)c1. The van der Waals surface area contributed by atoms with Gasteiger partial charge in [-0.1, -0.05) is 23.7 Å². The second-order valence-electron chi connectivity index (χ2n) is 6.19. The van der Waals surface area contributed by atoms with Crippen molar-refractivity contribution >= 4 is 41.0 Å². The quantitative estimate of drug-likeness (QED) is 0.303. The second kappa shape index (κ2) is 7.25. The average Bonchev–Trinajstić information content (AvgIpc) is 3.26. The van der Waals surface area contributed by atoms with Crippen LogP contribution in [-0.4, -0.2) is 21.4 Å². The number of halogens is 1. The molecule has 2 heterocycles. The number of nitro benzene ring substituents is 1. The molecule has 0 atom stereocenters. The van der Waals surface area contributed by atoms with Gasteiger partial charge in [-0.05, 0) is 42.5 Å². The highest BCUT2D eigenvalue weighted by molar-refractivity contribution is 6.32. The highest BCUT2D eigenvalue weighted by Crippen LogP contribution is 2.26. The molecule has 1 N–H and O–H groups in total. The van der Waals surface area contributed by atoms with Crippen molar-refractivity contribution < 1.29 is 14.5 Å². The lowest BCUT2D eigenvalue weighted by Crippen LogP contribution is -2.30. The Morgan fingerprint density at radius 1 is 1.00 bits per heavy atom. The highest BCUT2D eigenvalue weighted by atomic mass is 35.5. The summed E-state index contributed by atoms with van der Waals surface area (Å²) in [6.07, 6.45) is 3.23. The van der Waals surface area contributed by atoms with E-state index >= 15 is 0 Å². The van der Waals surface area contributed by atoms with E-state index < -0.39 is 16.9 Å². The first-order valence-corrected chi connectivity index (χ1v) is 8.87. The van der Waals surface area contributed by atoms with Crippen molar-refractivity contribution in [3.63, 3.8) is 0 Å². The molecule has 1 fully saturated rings. The molecule has 3 aromatic rings. The maximum absolute atomic E-state index is 12.8. The Balaban J connectivity index is 1.69. The standard InChI is InChI=1S/C20H13ClN4O4/c21-13-4-1-6-16(10-13)24-19(26)18(22-20(24)27)12-15-8-3-9-23(15)14-5-2-7-17(11-14)25(28)29/h1-12H,(H,22,27). The maximum Gasteiger partial charge on any atom is 0.333 e. The van der Waals surface area contributed by atoms with Gasteiger partial charge in [-0.2, -0.15) is 0 Å². The van der Waals surface area contributed by atoms with E-state index in [4.69, 9.17) is 11.6 Å². The molecular weight excluding hydrogens is 396 g/mol. The van der Waals surface area contributed by atoms with Crippen molar-refractivity contribution in [1.82, 2.24) is 9.88 Å². The van der Waals surface area contributed by atoms with Gasteiger partial charge >= 0.3 is 6.03 Å². The summed E-state index contributed by atoms with van der Waals surface area (Å²) in [6, 6.07) is 15.4. The van der Waals surface area contributed by atoms with Gasteiger partial charge in [0.2, 0.25) is 0 Å². The Hall–Kier alpha value is -3.91. The summed E-state index contributed by atoms with van der Waals surface area (Å²) < 4.78 is 1.68. The molecule has 0 aliphatic carbocycles. The number of amides is 3. The van der Waals surface area contributed by atoms with Gasteiger partial charge in [0.05, 0.1) is 16.3 Å². The molecule has 0 saturated carbocycles. The maximum atomic E-state index is 12.8. The van der Waals surface area contributed by atoms with Gasteiger partial charge in [0, 0.05) is 29.0 Å². The molecule has 8 nitrogen and oxygen atoms in total. The zero-order valence-electron chi connectivity index (χ0n) is 14.8. The van der Waals surface area contributed by atoms with E-state index in [9.17, 15) is 19.7 Å². The number of benzene rings is 2. The van der Waals surface area contributed by atoms with Crippen molar-refractivity contribution in [2.75, 3.05) is 4.90 Å². The number of nitro groups is 1. The van der Waals surface area contributed by atoms with Crippen LogP contribution in [0.3, 0.4) is 0 Å². The van der Waals surface area contributed by atoms with E-state index in [-0.39, 0.29) is 11.4 Å². The number of aromatic nitrogens is 1. The van der Waals surface area contributed by atoms with Crippen LogP contribution >= 0.6 is 11.6 Å². The van der Waals surface area contributed by atoms with Gasteiger partial charge in [0.25, 0.3) is 11.6 Å². The molecule has 4 rings (SSSR count). The van der Waals surface area contributed by atoms with Crippen molar-refractivity contribution in [1.29, 1.82) is 0 Å². The minimum atomic E-state index is -0.586. The Kier molecular flexibility index (Phi) is 4.61. The van der Waals surface area contributed by atoms with Crippen molar-refractivity contribution in [2.24, 2.45) is 0 Å². The van der Waals surface area contributed by atoms with Crippen LogP contribution in [0.15, 0.2) is 72.6 Å². The molecule has 1 aliphatic rings. The number of anilines is 1. The third-order valence-electron chi connectivity index (χ3n) is 4.34. The number of urea groups is 1. The average molecular weight is 409 g/mol. The van der Waals surface area contributed by atoms with Crippen LogP contribution in [0, 0.1) is 10.1 Å². The van der Waals surface area contributed by atoms with Crippen molar-refractivity contribution in [2.45, 2.75) is 0 Å². The summed E-state index contributed by atoms with van der Waals surface area (Å²) in [7, 11) is 0. The van der Waals surface area contributed by atoms with E-state index in [0.29, 0.717) is 22.1 Å². The number of hydrogen-bond acceptors (Lipinski definition) is 4. The zero-order valence-corrected chi connectivity index (χ0v) is 15.5. The summed E-state index contributed by atoms with van der Waals surface area (Å²) in [5, 5.41) is 14.0. The zero-order chi connectivity index (χ0) is 20.5. The van der Waals surface area contributed by atoms with Gasteiger partial charge in [-0.3, -0.25) is 14.9 Å². The molecule has 1 aliphatic heterocycles. The number of nitrogens with one attached hydrogen (secondary N) is 1. The molecule has 2 aromatic carbocycles. The van der Waals surface area contributed by atoms with E-state index in [1.807, 2.05) is 0 Å². The molecule has 3 amide bonds. The lowest BCUT2D eigenvalue weighted by Gasteiger charge is -2.11. The van der Waals surface area contributed by atoms with Crippen molar-refractivity contribution in [3.05, 3.63) is 93.4 Å². The number of hydrogen-bond donors (Lipinski definition) is 1. The molecule has 1 aromatic heterocycles. The first kappa shape index (κ1) is 18.5. The third kappa shape index (κ3) is 3.48. The van der Waals surface area contributed by atoms with E-state index in [1.165, 1.54) is 24.3 Å². The van der Waals surface area contributed by atoms with Crippen LogP contribution < -0.4 is 10.2 Å². The van der Waals surface area contributed by atoms with E-state index in [1.54, 1.807) is 53.2 Å². The Morgan fingerprint density at radius 3 is 2.52 bits per heavy atom. The number of imide groups is 1. The number of non-ortho nitro benzene ring substituents is 1. The van der Waals surface area contributed by atoms with Gasteiger partial charge in [-0.25, -0.2) is 9.69 Å². The fraction of sp³-hybridized carbons (Fsp3) is 0. The van der Waals surface area contributed by atoms with Crippen molar-refractivity contribution in [3.8, 4) is 5.69 Å². The third-order valence-corrected chi connectivity index (χ3v) is 4.57. The highest BCUT2D eigenvalue weighted by Gasteiger charge is 2.35. The number of carbonyl (C=O) groups is 2. The normalized spacial score (nSPS) is 15.1. The van der Waals surface area contributed by atoms with Gasteiger partial charge in [0.15, 0.2) is 0 Å². The van der Waals surface area contributed by atoms with E-state index in [0.717, 1.165) is 4.90 Å². The molecule has 29 heavy (non-hydrogen) atoms. The fourth-order valence-corrected chi connectivity index (χ4v) is 3.22. The molecule has 9 heteroatoms. The van der Waals surface area contributed by atoms with E-state index in [2.05, 4.69) is 5.32 Å². The summed E-state index contributed by atoms with van der Waals surface area (Å²) >= 11 is 5.96. The minimum Gasteiger partial charge on any atom is -0.317 e. The summed E-state index contributed by atoms with van der Waals surface area (Å²) in [6.45, 7) is 0. The predicted molar refractivity (Wildman–Crippen MR) is 108 cm³/mol. The Bertz CT molecular complexity index is 1180. The van der Waals surface area contributed by atoms with Crippen LogP contribution in [0.25, 0.3) is 11.8 Å². The predicted octanol–water partition coefficient (Wildman–Crippen LogP) is 4.14. The van der Waals surface area contributed by atoms with Gasteiger partial charge in [0.1, 0.15) is 5.70 Å². The van der Waals surface area contributed by atoms with Crippen LogP contribution in [0.1, 0.15) is 5.69 Å². The minimum absolute atomic E-state index is 0.0489. The monoisotopic (exact) mass is 408 g/mol. The molecule has 1 saturated heterocycles. The second-order valence-corrected chi connectivity index (χ2v) is 6.63. The lowest BCUT2D eigenvalue weighted by atomic mass is 10.2. The van der Waals surface area contributed by atoms with Gasteiger partial charge in [-0.15, -0.1) is 0 Å². The molecule has 0 unspecified atom stereocenters. The topological polar surface area (TPSA) is 97.5 Å². The molecular formula is C20H13ClN4O4.